The summed E-state index contributed by atoms with van der Waals surface area (Å²) < 4.78 is 5.25. The van der Waals surface area contributed by atoms with Crippen LogP contribution in [0, 0.1) is 11.8 Å². The van der Waals surface area contributed by atoms with E-state index in [1.54, 1.807) is 19.5 Å². The number of aromatic nitrogens is 2. The molecule has 0 spiro atoms. The molecule has 0 bridgehead atoms. The van der Waals surface area contributed by atoms with Crippen LogP contribution in [0.25, 0.3) is 0 Å². The molecule has 1 aromatic rings. The van der Waals surface area contributed by atoms with Crippen LogP contribution in [-0.4, -0.2) is 17.1 Å². The van der Waals surface area contributed by atoms with Gasteiger partial charge in [-0.25, -0.2) is 4.98 Å². The molecule has 3 unspecified atom stereocenters. The molecule has 1 fully saturated rings. The zero-order valence-corrected chi connectivity index (χ0v) is 10.4. The molecule has 1 aliphatic carbocycles. The summed E-state index contributed by atoms with van der Waals surface area (Å²) in [5.41, 5.74) is 3.70. The van der Waals surface area contributed by atoms with Crippen molar-refractivity contribution in [3.8, 4) is 5.88 Å². The molecule has 0 saturated heterocycles. The van der Waals surface area contributed by atoms with E-state index in [1.165, 1.54) is 19.3 Å². The number of nitrogens with two attached hydrogens (primary N) is 1. The Kier molecular flexibility index (Phi) is 3.91. The summed E-state index contributed by atoms with van der Waals surface area (Å²) in [6, 6.07) is 0.0242. The quantitative estimate of drug-likeness (QED) is 0.611. The monoisotopic (exact) mass is 236 g/mol. The first-order valence-corrected chi connectivity index (χ1v) is 6.09. The topological polar surface area (TPSA) is 73.1 Å². The molecule has 1 aromatic heterocycles. The third kappa shape index (κ3) is 2.40. The minimum Gasteiger partial charge on any atom is -0.480 e. The highest BCUT2D eigenvalue weighted by molar-refractivity contribution is 5.22. The van der Waals surface area contributed by atoms with E-state index in [1.807, 2.05) is 0 Å². The normalized spacial score (nSPS) is 25.8. The largest absolute Gasteiger partial charge is 0.480 e. The van der Waals surface area contributed by atoms with Crippen molar-refractivity contribution in [1.82, 2.24) is 15.4 Å². The van der Waals surface area contributed by atoms with Crippen LogP contribution in [0.1, 0.15) is 37.9 Å². The predicted octanol–water partition coefficient (Wildman–Crippen LogP) is 1.43. The fraction of sp³-hybridized carbons (Fsp3) is 0.667. The van der Waals surface area contributed by atoms with Crippen LogP contribution in [-0.2, 0) is 0 Å². The fourth-order valence-electron chi connectivity index (χ4n) is 2.78. The smallest absolute Gasteiger partial charge is 0.237 e. The fourth-order valence-corrected chi connectivity index (χ4v) is 2.78. The number of hydrogen-bond acceptors (Lipinski definition) is 5. The van der Waals surface area contributed by atoms with Gasteiger partial charge in [-0.15, -0.1) is 0 Å². The van der Waals surface area contributed by atoms with Crippen molar-refractivity contribution in [2.24, 2.45) is 17.7 Å². The highest BCUT2D eigenvalue weighted by Gasteiger charge is 2.33. The number of methoxy groups -OCH3 is 1. The molecule has 5 heteroatoms. The van der Waals surface area contributed by atoms with E-state index in [0.717, 1.165) is 5.69 Å². The van der Waals surface area contributed by atoms with E-state index in [9.17, 15) is 0 Å². The Balaban J connectivity index is 2.28. The maximum atomic E-state index is 5.70. The van der Waals surface area contributed by atoms with E-state index >= 15 is 0 Å². The molecule has 0 radical (unpaired) electrons. The van der Waals surface area contributed by atoms with Gasteiger partial charge in [0.05, 0.1) is 13.2 Å². The van der Waals surface area contributed by atoms with Crippen molar-refractivity contribution in [2.75, 3.05) is 7.11 Å². The number of ether oxygens (including phenoxy) is 1. The SMILES string of the molecule is COc1nccnc1C(NN)C1CCCC1C. The van der Waals surface area contributed by atoms with E-state index in [4.69, 9.17) is 10.6 Å². The number of hydrogen-bond donors (Lipinski definition) is 2. The Morgan fingerprint density at radius 2 is 2.18 bits per heavy atom. The molecule has 0 aliphatic heterocycles. The van der Waals surface area contributed by atoms with Crippen LogP contribution in [0.5, 0.6) is 5.88 Å². The van der Waals surface area contributed by atoms with Crippen LogP contribution >= 0.6 is 0 Å². The van der Waals surface area contributed by atoms with Gasteiger partial charge >= 0.3 is 0 Å². The minimum atomic E-state index is 0.0242. The number of rotatable bonds is 4. The summed E-state index contributed by atoms with van der Waals surface area (Å²) in [6.45, 7) is 2.27. The van der Waals surface area contributed by atoms with Crippen LogP contribution in [0.3, 0.4) is 0 Å². The molecule has 1 heterocycles. The first kappa shape index (κ1) is 12.3. The van der Waals surface area contributed by atoms with E-state index in [0.29, 0.717) is 17.7 Å². The van der Waals surface area contributed by atoms with Gasteiger partial charge in [0.15, 0.2) is 0 Å². The van der Waals surface area contributed by atoms with Gasteiger partial charge in [-0.05, 0) is 18.3 Å². The molecule has 0 amide bonds. The minimum absolute atomic E-state index is 0.0242. The van der Waals surface area contributed by atoms with E-state index in [-0.39, 0.29) is 6.04 Å². The summed E-state index contributed by atoms with van der Waals surface area (Å²) in [5.74, 6) is 7.42. The zero-order valence-electron chi connectivity index (χ0n) is 10.4. The Morgan fingerprint density at radius 3 is 2.76 bits per heavy atom. The third-order valence-electron chi connectivity index (χ3n) is 3.71. The first-order chi connectivity index (χ1) is 8.27. The molecule has 94 valence electrons. The van der Waals surface area contributed by atoms with Crippen molar-refractivity contribution >= 4 is 0 Å². The van der Waals surface area contributed by atoms with Gasteiger partial charge < -0.3 is 4.74 Å². The maximum absolute atomic E-state index is 5.70. The molecule has 5 nitrogen and oxygen atoms in total. The first-order valence-electron chi connectivity index (χ1n) is 6.09. The number of nitrogens with zero attached hydrogens (tertiary/aromatic N) is 2. The third-order valence-corrected chi connectivity index (χ3v) is 3.71. The lowest BCUT2D eigenvalue weighted by Gasteiger charge is -2.26. The Labute approximate surface area is 102 Å². The maximum Gasteiger partial charge on any atom is 0.237 e. The number of hydrazine groups is 1. The van der Waals surface area contributed by atoms with Gasteiger partial charge in [0.25, 0.3) is 0 Å². The molecule has 0 aromatic carbocycles. The average Bonchev–Trinajstić information content (AvgIpc) is 2.78. The van der Waals surface area contributed by atoms with Crippen molar-refractivity contribution in [3.63, 3.8) is 0 Å². The van der Waals surface area contributed by atoms with Crippen molar-refractivity contribution in [2.45, 2.75) is 32.2 Å². The summed E-state index contributed by atoms with van der Waals surface area (Å²) in [6.07, 6.45) is 7.00. The van der Waals surface area contributed by atoms with Gasteiger partial charge in [-0.2, -0.15) is 0 Å². The van der Waals surface area contributed by atoms with Gasteiger partial charge in [0.2, 0.25) is 5.88 Å². The molecule has 2 rings (SSSR count). The van der Waals surface area contributed by atoms with Crippen LogP contribution < -0.4 is 16.0 Å². The second-order valence-corrected chi connectivity index (χ2v) is 4.67. The molecule has 3 atom stereocenters. The number of nitrogens with one attached hydrogen (secondary N) is 1. The van der Waals surface area contributed by atoms with Crippen molar-refractivity contribution < 1.29 is 4.74 Å². The highest BCUT2D eigenvalue weighted by Crippen LogP contribution is 2.40. The Hall–Kier alpha value is -1.20. The van der Waals surface area contributed by atoms with Gasteiger partial charge in [-0.1, -0.05) is 19.8 Å². The average molecular weight is 236 g/mol. The Bertz CT molecular complexity index is 371. The lowest BCUT2D eigenvalue weighted by molar-refractivity contribution is 0.286. The molecule has 1 saturated carbocycles. The molecule has 1 aliphatic rings. The van der Waals surface area contributed by atoms with E-state index in [2.05, 4.69) is 22.3 Å². The molecular formula is C12H20N4O. The molecule has 3 N–H and O–H groups in total. The van der Waals surface area contributed by atoms with Crippen molar-refractivity contribution in [3.05, 3.63) is 18.1 Å². The summed E-state index contributed by atoms with van der Waals surface area (Å²) in [5, 5.41) is 0. The van der Waals surface area contributed by atoms with E-state index < -0.39 is 0 Å². The standard InChI is InChI=1S/C12H20N4O/c1-8-4-3-5-9(8)10(16-13)11-12(17-2)15-7-6-14-11/h6-10,16H,3-5,13H2,1-2H3. The summed E-state index contributed by atoms with van der Waals surface area (Å²) >= 11 is 0. The lowest BCUT2D eigenvalue weighted by atomic mass is 9.88. The zero-order chi connectivity index (χ0) is 12.3. The summed E-state index contributed by atoms with van der Waals surface area (Å²) in [7, 11) is 1.61. The van der Waals surface area contributed by atoms with Gasteiger partial charge in [0, 0.05) is 12.4 Å². The van der Waals surface area contributed by atoms with Crippen LogP contribution in [0.2, 0.25) is 0 Å². The van der Waals surface area contributed by atoms with Crippen LogP contribution in [0.4, 0.5) is 0 Å². The van der Waals surface area contributed by atoms with Gasteiger partial charge in [-0.3, -0.25) is 16.3 Å². The second kappa shape index (κ2) is 5.42. The molecule has 17 heavy (non-hydrogen) atoms. The lowest BCUT2D eigenvalue weighted by Crippen LogP contribution is -2.35. The van der Waals surface area contributed by atoms with Crippen LogP contribution in [0.15, 0.2) is 12.4 Å². The predicted molar refractivity (Wildman–Crippen MR) is 65.2 cm³/mol. The highest BCUT2D eigenvalue weighted by atomic mass is 16.5. The second-order valence-electron chi connectivity index (χ2n) is 4.67. The molecular weight excluding hydrogens is 216 g/mol. The summed E-state index contributed by atoms with van der Waals surface area (Å²) in [4.78, 5) is 8.55. The van der Waals surface area contributed by atoms with Gasteiger partial charge in [0.1, 0.15) is 5.69 Å². The van der Waals surface area contributed by atoms with Crippen molar-refractivity contribution in [1.29, 1.82) is 0 Å². The Morgan fingerprint density at radius 1 is 1.41 bits per heavy atom.